The van der Waals surface area contributed by atoms with E-state index in [1.807, 2.05) is 0 Å². The van der Waals surface area contributed by atoms with Crippen LogP contribution in [0, 0.1) is 0 Å². The molecule has 0 radical (unpaired) electrons. The lowest BCUT2D eigenvalue weighted by molar-refractivity contribution is 0.258. The molecule has 4 aliphatic carbocycles. The number of para-hydroxylation sites is 4. The van der Waals surface area contributed by atoms with Crippen molar-refractivity contribution in [1.82, 2.24) is 0 Å². The smallest absolute Gasteiger partial charge is 0.151 e. The minimum Gasteiger partial charge on any atom is -0.462 e. The highest BCUT2D eigenvalue weighted by molar-refractivity contribution is 6.23. The Morgan fingerprint density at radius 3 is 1.42 bits per heavy atom. The molecule has 0 saturated carbocycles. The summed E-state index contributed by atoms with van der Waals surface area (Å²) in [6.45, 7) is 0. The van der Waals surface area contributed by atoms with Gasteiger partial charge in [-0.05, 0) is 141 Å². The molecule has 4 nitrogen and oxygen atoms in total. The van der Waals surface area contributed by atoms with Crippen LogP contribution in [0.4, 0.5) is 22.7 Å². The van der Waals surface area contributed by atoms with Crippen LogP contribution in [0.5, 0.6) is 11.5 Å². The van der Waals surface area contributed by atoms with Crippen LogP contribution in [0.2, 0.25) is 0 Å². The maximum Gasteiger partial charge on any atom is 0.151 e. The number of allylic oxidation sites excluding steroid dienone is 14. The highest BCUT2D eigenvalue weighted by atomic mass is 16.5. The third-order valence-corrected chi connectivity index (χ3v) is 14.2. The van der Waals surface area contributed by atoms with Crippen molar-refractivity contribution in [2.75, 3.05) is 9.80 Å². The second-order valence-electron chi connectivity index (χ2n) is 18.0. The molecule has 318 valence electrons. The summed E-state index contributed by atoms with van der Waals surface area (Å²) in [6, 6.07) is 49.5. The van der Waals surface area contributed by atoms with Gasteiger partial charge in [0.15, 0.2) is 11.5 Å². The number of hydrogen-bond acceptors (Lipinski definition) is 4. The summed E-state index contributed by atoms with van der Waals surface area (Å²) >= 11 is 0. The van der Waals surface area contributed by atoms with E-state index in [1.165, 1.54) is 54.9 Å². The fraction of sp³-hybridized carbons (Fsp3) is 0.129. The van der Waals surface area contributed by atoms with E-state index >= 15 is 0 Å². The van der Waals surface area contributed by atoms with Crippen molar-refractivity contribution >= 4 is 44.3 Å². The van der Waals surface area contributed by atoms with Gasteiger partial charge in [-0.15, -0.1) is 0 Å². The number of hydrogen-bond donors (Lipinski definition) is 0. The summed E-state index contributed by atoms with van der Waals surface area (Å²) in [4.78, 5) is 4.85. The van der Waals surface area contributed by atoms with Gasteiger partial charge >= 0.3 is 0 Å². The Bertz CT molecular complexity index is 3330. The Morgan fingerprint density at radius 2 is 0.909 bits per heavy atom. The van der Waals surface area contributed by atoms with Gasteiger partial charge in [0.1, 0.15) is 11.5 Å². The van der Waals surface area contributed by atoms with Crippen molar-refractivity contribution in [3.05, 3.63) is 240 Å². The molecule has 66 heavy (non-hydrogen) atoms. The lowest BCUT2D eigenvalue weighted by Gasteiger charge is -2.37. The Morgan fingerprint density at radius 1 is 0.424 bits per heavy atom. The number of ether oxygens (including phenoxy) is 2. The monoisotopic (exact) mass is 852 g/mol. The van der Waals surface area contributed by atoms with Gasteiger partial charge in [0.2, 0.25) is 0 Å². The number of anilines is 4. The van der Waals surface area contributed by atoms with Gasteiger partial charge in [-0.3, -0.25) is 0 Å². The molecule has 0 spiro atoms. The van der Waals surface area contributed by atoms with Gasteiger partial charge in [0.05, 0.1) is 22.8 Å². The minimum absolute atomic E-state index is 0.253. The molecule has 6 aliphatic rings. The fourth-order valence-electron chi connectivity index (χ4n) is 11.2. The van der Waals surface area contributed by atoms with Crippen molar-refractivity contribution < 1.29 is 9.47 Å². The maximum atomic E-state index is 6.70. The number of benzene rings is 7. The second-order valence-corrected chi connectivity index (χ2v) is 18.0. The summed E-state index contributed by atoms with van der Waals surface area (Å²) in [5, 5.41) is 4.90. The van der Waals surface area contributed by atoms with Crippen LogP contribution in [-0.4, -0.2) is 0 Å². The van der Waals surface area contributed by atoms with Crippen LogP contribution in [0.25, 0.3) is 43.8 Å². The van der Waals surface area contributed by atoms with Crippen LogP contribution in [-0.2, 0) is 4.74 Å². The lowest BCUT2D eigenvalue weighted by Crippen LogP contribution is -2.29. The van der Waals surface area contributed by atoms with Crippen molar-refractivity contribution in [3.8, 4) is 33.8 Å². The van der Waals surface area contributed by atoms with E-state index < -0.39 is 0 Å². The van der Waals surface area contributed by atoms with E-state index in [0.29, 0.717) is 0 Å². The predicted molar refractivity (Wildman–Crippen MR) is 273 cm³/mol. The van der Waals surface area contributed by atoms with Crippen molar-refractivity contribution in [3.63, 3.8) is 0 Å². The summed E-state index contributed by atoms with van der Waals surface area (Å²) < 4.78 is 13.2. The molecule has 13 rings (SSSR count). The number of nitrogens with zero attached hydrogens (tertiary/aromatic N) is 2. The van der Waals surface area contributed by atoms with Gasteiger partial charge < -0.3 is 19.3 Å². The summed E-state index contributed by atoms with van der Waals surface area (Å²) in [7, 11) is 0. The first-order valence-corrected chi connectivity index (χ1v) is 23.6. The molecule has 0 N–H and O–H groups in total. The highest BCUT2D eigenvalue weighted by Crippen LogP contribution is 2.54. The fourth-order valence-corrected chi connectivity index (χ4v) is 11.2. The van der Waals surface area contributed by atoms with E-state index in [4.69, 9.17) is 9.47 Å². The highest BCUT2D eigenvalue weighted by Gasteiger charge is 2.32. The molecular formula is C62H48N2O2. The Labute approximate surface area is 386 Å². The van der Waals surface area contributed by atoms with Gasteiger partial charge in [0, 0.05) is 36.1 Å². The Balaban J connectivity index is 1.15. The number of fused-ring (bicyclic) bond motifs is 4. The third kappa shape index (κ3) is 6.35. The Hall–Kier alpha value is -7.82. The van der Waals surface area contributed by atoms with Crippen LogP contribution in [0.3, 0.4) is 0 Å². The molecule has 2 aliphatic heterocycles. The van der Waals surface area contributed by atoms with Crippen LogP contribution >= 0.6 is 0 Å². The average molecular weight is 853 g/mol. The van der Waals surface area contributed by atoms with Crippen LogP contribution in [0.15, 0.2) is 229 Å². The van der Waals surface area contributed by atoms with Gasteiger partial charge in [0.25, 0.3) is 0 Å². The van der Waals surface area contributed by atoms with E-state index in [2.05, 4.69) is 216 Å². The first-order valence-electron chi connectivity index (χ1n) is 23.6. The molecule has 2 heterocycles. The minimum atomic E-state index is 0.253. The molecule has 2 unspecified atom stereocenters. The van der Waals surface area contributed by atoms with Gasteiger partial charge in [-0.1, -0.05) is 146 Å². The van der Waals surface area contributed by atoms with E-state index in [0.717, 1.165) is 95.7 Å². The first-order chi connectivity index (χ1) is 32.8. The lowest BCUT2D eigenvalue weighted by atomic mass is 9.79. The van der Waals surface area contributed by atoms with Crippen LogP contribution in [0.1, 0.15) is 61.5 Å². The van der Waals surface area contributed by atoms with Crippen molar-refractivity contribution in [2.24, 2.45) is 0 Å². The van der Waals surface area contributed by atoms with Gasteiger partial charge in [-0.25, -0.2) is 0 Å². The molecule has 0 bridgehead atoms. The quantitative estimate of drug-likeness (QED) is 0.156. The van der Waals surface area contributed by atoms with E-state index in [9.17, 15) is 0 Å². The largest absolute Gasteiger partial charge is 0.462 e. The summed E-state index contributed by atoms with van der Waals surface area (Å²) in [5.41, 5.74) is 14.2. The predicted octanol–water partition coefficient (Wildman–Crippen LogP) is 17.1. The average Bonchev–Trinajstić information content (AvgIpc) is 3.39. The molecule has 0 fully saturated rings. The zero-order chi connectivity index (χ0) is 43.6. The zero-order valence-electron chi connectivity index (χ0n) is 36.7. The Kier molecular flexibility index (Phi) is 9.37. The molecule has 2 atom stereocenters. The van der Waals surface area contributed by atoms with E-state index in [-0.39, 0.29) is 11.8 Å². The zero-order valence-corrected chi connectivity index (χ0v) is 36.7. The summed E-state index contributed by atoms with van der Waals surface area (Å²) in [5.74, 6) is 4.32. The third-order valence-electron chi connectivity index (χ3n) is 14.2. The standard InChI is InChI=1S/C62H48N2O2/c1-3-19-41(20-4-1)45-23-7-9-25-47(45)61-49-37-35-44(64-55-29-13-17-33-59(55)66-60-34-18-14-30-56(60)64)40-52(49)62(48-26-10-8-24-46(48)42-21-5-2-6-22-42)50-38-36-43(39-51(50)61)63-53-27-11-15-31-57(53)65-58-32-16-12-28-54(58)63/h1-16,19,21,23-32,35-42H,17-18,20,22,33-34H2. The van der Waals surface area contributed by atoms with Crippen molar-refractivity contribution in [2.45, 2.75) is 50.4 Å². The summed E-state index contributed by atoms with van der Waals surface area (Å²) in [6.07, 6.45) is 32.9. The molecule has 7 aromatic rings. The maximum absolute atomic E-state index is 6.70. The van der Waals surface area contributed by atoms with Crippen LogP contribution < -0.4 is 14.5 Å². The van der Waals surface area contributed by atoms with Gasteiger partial charge in [-0.2, -0.15) is 0 Å². The molecule has 0 saturated heterocycles. The first kappa shape index (κ1) is 38.6. The second kappa shape index (κ2) is 16.0. The molecule has 0 aromatic heterocycles. The molecular weight excluding hydrogens is 805 g/mol. The van der Waals surface area contributed by atoms with E-state index in [1.54, 1.807) is 0 Å². The van der Waals surface area contributed by atoms with Crippen molar-refractivity contribution in [1.29, 1.82) is 0 Å². The number of rotatable bonds is 6. The molecule has 4 heteroatoms. The molecule has 0 amide bonds. The molecule has 7 aromatic carbocycles. The normalized spacial score (nSPS) is 19.2. The SMILES string of the molecule is C1=CCC(c2ccccc2-c2c3ccc(N4c5ccccc5Oc5ccccc54)cc3c(-c3ccccc3C3C=CC=CC3)c3ccc(N4C5=C(CCC=C5)OC5=C4C=CCC5)cc23)C=C1. The topological polar surface area (TPSA) is 24.9 Å².